The highest BCUT2D eigenvalue weighted by molar-refractivity contribution is 7.22. The lowest BCUT2D eigenvalue weighted by molar-refractivity contribution is 0.256. The highest BCUT2D eigenvalue weighted by Gasteiger charge is 2.52. The third-order valence-corrected chi connectivity index (χ3v) is 15.1. The van der Waals surface area contributed by atoms with E-state index in [1.165, 1.54) is 20.7 Å². The molecule has 1 heterocycles. The van der Waals surface area contributed by atoms with Crippen molar-refractivity contribution in [3.63, 3.8) is 0 Å². The minimum absolute atomic E-state index is 0.647. The SMILES string of the molecule is CCCCCOc1c(C)cc2c(c1OCCCCC)-c1c(cc(C)c(OCCCCC)c1OCCCCC)[Si]2(c1ccccc1)c1ccccc1. The average Bonchev–Trinajstić information content (AvgIpc) is 3.43. The van der Waals surface area contributed by atoms with Crippen LogP contribution in [0.1, 0.15) is 116 Å². The number of hydrogen-bond donors (Lipinski definition) is 0. The molecule has 51 heavy (non-hydrogen) atoms. The number of ether oxygens (including phenoxy) is 4. The van der Waals surface area contributed by atoms with Gasteiger partial charge in [-0.2, -0.15) is 0 Å². The van der Waals surface area contributed by atoms with Crippen molar-refractivity contribution in [1.29, 1.82) is 0 Å². The summed E-state index contributed by atoms with van der Waals surface area (Å²) < 4.78 is 27.6. The number of aryl methyl sites for hydroxylation is 2. The molecule has 0 amide bonds. The van der Waals surface area contributed by atoms with Crippen LogP contribution < -0.4 is 39.7 Å². The number of fused-ring (bicyclic) bond motifs is 3. The Morgan fingerprint density at radius 2 is 0.725 bits per heavy atom. The monoisotopic (exact) mass is 706 g/mol. The summed E-state index contributed by atoms with van der Waals surface area (Å²) in [7, 11) is -2.87. The highest BCUT2D eigenvalue weighted by atomic mass is 28.3. The first-order chi connectivity index (χ1) is 25.0. The van der Waals surface area contributed by atoms with Gasteiger partial charge in [0.15, 0.2) is 31.1 Å². The standard InChI is InChI=1S/C46H62O4Si/c1-7-11-21-29-47-43-35(5)33-39-41(45(43)49-31-23-13-9-3)42-40(51(39,37-25-17-15-18-26-37)38-27-19-16-20-28-38)34-36(6)44(48-30-22-12-8-2)46(42)50-32-24-14-10-4/h15-20,25-28,33-34H,7-14,21-24,29-32H2,1-6H3. The predicted octanol–water partition coefficient (Wildman–Crippen LogP) is 9.94. The summed E-state index contributed by atoms with van der Waals surface area (Å²) in [5, 5.41) is 5.41. The van der Waals surface area contributed by atoms with Gasteiger partial charge in [-0.05, 0) is 71.4 Å². The Bertz CT molecular complexity index is 1540. The third kappa shape index (κ3) is 8.35. The molecule has 0 N–H and O–H groups in total. The second-order valence-electron chi connectivity index (χ2n) is 14.3. The number of hydrogen-bond acceptors (Lipinski definition) is 4. The van der Waals surface area contributed by atoms with Crippen LogP contribution in [0.15, 0.2) is 72.8 Å². The van der Waals surface area contributed by atoms with Crippen LogP contribution in [0.5, 0.6) is 23.0 Å². The van der Waals surface area contributed by atoms with E-state index in [-0.39, 0.29) is 0 Å². The van der Waals surface area contributed by atoms with Crippen LogP contribution in [0.4, 0.5) is 0 Å². The Balaban J connectivity index is 1.88. The van der Waals surface area contributed by atoms with Crippen molar-refractivity contribution in [3.8, 4) is 34.1 Å². The van der Waals surface area contributed by atoms with Crippen molar-refractivity contribution in [3.05, 3.63) is 83.9 Å². The molecular formula is C46H62O4Si. The lowest BCUT2D eigenvalue weighted by Gasteiger charge is -2.32. The van der Waals surface area contributed by atoms with Crippen LogP contribution in [0.25, 0.3) is 11.1 Å². The topological polar surface area (TPSA) is 36.9 Å². The molecule has 0 fully saturated rings. The molecule has 0 radical (unpaired) electrons. The molecule has 1 aliphatic heterocycles. The molecule has 0 saturated carbocycles. The molecule has 0 unspecified atom stereocenters. The van der Waals surface area contributed by atoms with Gasteiger partial charge in [0.25, 0.3) is 0 Å². The lowest BCUT2D eigenvalue weighted by Crippen LogP contribution is -2.72. The zero-order chi connectivity index (χ0) is 36.1. The predicted molar refractivity (Wildman–Crippen MR) is 219 cm³/mol. The number of unbranched alkanes of at least 4 members (excludes halogenated alkanes) is 8. The van der Waals surface area contributed by atoms with Gasteiger partial charge in [-0.15, -0.1) is 0 Å². The van der Waals surface area contributed by atoms with Crippen LogP contribution in [0.2, 0.25) is 0 Å². The first-order valence-electron chi connectivity index (χ1n) is 20.0. The van der Waals surface area contributed by atoms with E-state index in [1.54, 1.807) is 0 Å². The van der Waals surface area contributed by atoms with Crippen molar-refractivity contribution in [2.75, 3.05) is 26.4 Å². The fourth-order valence-electron chi connectivity index (χ4n) is 7.68. The van der Waals surface area contributed by atoms with Gasteiger partial charge in [0.2, 0.25) is 0 Å². The van der Waals surface area contributed by atoms with Gasteiger partial charge in [0.05, 0.1) is 26.4 Å². The fraction of sp³-hybridized carbons (Fsp3) is 0.478. The summed E-state index contributed by atoms with van der Waals surface area (Å²) in [5.41, 5.74) is 4.54. The maximum Gasteiger partial charge on any atom is 0.181 e. The Labute approximate surface area is 309 Å². The molecule has 0 saturated heterocycles. The Morgan fingerprint density at radius 3 is 1.04 bits per heavy atom. The van der Waals surface area contributed by atoms with Crippen molar-refractivity contribution in [1.82, 2.24) is 0 Å². The van der Waals surface area contributed by atoms with Gasteiger partial charge in [0.1, 0.15) is 0 Å². The fourth-order valence-corrected chi connectivity index (χ4v) is 13.0. The molecule has 0 bridgehead atoms. The highest BCUT2D eigenvalue weighted by Crippen LogP contribution is 2.50. The van der Waals surface area contributed by atoms with E-state index >= 15 is 0 Å². The van der Waals surface area contributed by atoms with E-state index in [4.69, 9.17) is 18.9 Å². The van der Waals surface area contributed by atoms with E-state index < -0.39 is 8.07 Å². The molecule has 0 aliphatic carbocycles. The quantitative estimate of drug-likeness (QED) is 0.0531. The van der Waals surface area contributed by atoms with Crippen LogP contribution in [-0.2, 0) is 0 Å². The van der Waals surface area contributed by atoms with Crippen LogP contribution in [0.3, 0.4) is 0 Å². The van der Waals surface area contributed by atoms with Gasteiger partial charge in [0, 0.05) is 11.1 Å². The number of benzene rings is 4. The Hall–Kier alpha value is -3.70. The second-order valence-corrected chi connectivity index (χ2v) is 18.0. The number of rotatable bonds is 22. The molecule has 1 aliphatic rings. The molecule has 4 aromatic carbocycles. The molecular weight excluding hydrogens is 645 g/mol. The Morgan fingerprint density at radius 1 is 0.412 bits per heavy atom. The van der Waals surface area contributed by atoms with Gasteiger partial charge in [-0.1, -0.05) is 152 Å². The Kier molecular flexibility index (Phi) is 14.5. The summed E-state index contributed by atoms with van der Waals surface area (Å²) in [6, 6.07) is 27.3. The zero-order valence-corrected chi connectivity index (χ0v) is 33.4. The van der Waals surface area contributed by atoms with Gasteiger partial charge < -0.3 is 18.9 Å². The van der Waals surface area contributed by atoms with Crippen molar-refractivity contribution in [2.24, 2.45) is 0 Å². The van der Waals surface area contributed by atoms with E-state index in [2.05, 4.69) is 114 Å². The van der Waals surface area contributed by atoms with E-state index in [0.29, 0.717) is 26.4 Å². The van der Waals surface area contributed by atoms with Crippen molar-refractivity contribution < 1.29 is 18.9 Å². The maximum absolute atomic E-state index is 7.02. The van der Waals surface area contributed by atoms with E-state index in [9.17, 15) is 0 Å². The average molecular weight is 707 g/mol. The van der Waals surface area contributed by atoms with Gasteiger partial charge >= 0.3 is 0 Å². The summed E-state index contributed by atoms with van der Waals surface area (Å²) in [6.07, 6.45) is 13.2. The van der Waals surface area contributed by atoms with E-state index in [0.717, 1.165) is 122 Å². The summed E-state index contributed by atoms with van der Waals surface area (Å²) in [5.74, 6) is 3.50. The third-order valence-electron chi connectivity index (χ3n) is 10.3. The molecule has 4 nitrogen and oxygen atoms in total. The molecule has 0 atom stereocenters. The lowest BCUT2D eigenvalue weighted by atomic mass is 9.98. The van der Waals surface area contributed by atoms with E-state index in [1.807, 2.05) is 0 Å². The normalized spacial score (nSPS) is 12.7. The summed E-state index contributed by atoms with van der Waals surface area (Å²) in [6.45, 7) is 16.0. The summed E-state index contributed by atoms with van der Waals surface area (Å²) in [4.78, 5) is 0. The van der Waals surface area contributed by atoms with Crippen LogP contribution in [-0.4, -0.2) is 34.5 Å². The first-order valence-corrected chi connectivity index (χ1v) is 22.0. The molecule has 274 valence electrons. The van der Waals surface area contributed by atoms with Crippen molar-refractivity contribution in [2.45, 2.75) is 119 Å². The van der Waals surface area contributed by atoms with Crippen LogP contribution in [0, 0.1) is 13.8 Å². The largest absolute Gasteiger partial charge is 0.489 e. The molecule has 4 aromatic rings. The summed E-state index contributed by atoms with van der Waals surface area (Å²) >= 11 is 0. The van der Waals surface area contributed by atoms with Crippen LogP contribution >= 0.6 is 0 Å². The van der Waals surface area contributed by atoms with Gasteiger partial charge in [-0.3, -0.25) is 0 Å². The minimum atomic E-state index is -2.87. The minimum Gasteiger partial charge on any atom is -0.489 e. The van der Waals surface area contributed by atoms with Crippen molar-refractivity contribution >= 4 is 28.8 Å². The molecule has 0 spiro atoms. The second kappa shape index (κ2) is 19.2. The smallest absolute Gasteiger partial charge is 0.181 e. The maximum atomic E-state index is 7.02. The molecule has 5 rings (SSSR count). The molecule has 0 aromatic heterocycles. The van der Waals surface area contributed by atoms with Gasteiger partial charge in [-0.25, -0.2) is 0 Å². The zero-order valence-electron chi connectivity index (χ0n) is 32.4. The molecule has 5 heteroatoms. The first kappa shape index (κ1) is 38.5.